The monoisotopic (exact) mass is 468 g/mol. The topological polar surface area (TPSA) is 95.8 Å². The Morgan fingerprint density at radius 3 is 2.11 bits per heavy atom. The summed E-state index contributed by atoms with van der Waals surface area (Å²) in [6, 6.07) is 22.8. The van der Waals surface area contributed by atoms with Crippen LogP contribution in [0.2, 0.25) is 0 Å². The molecule has 0 aromatic heterocycles. The largest absolute Gasteiger partial charge is 0.372 e. The summed E-state index contributed by atoms with van der Waals surface area (Å²) in [4.78, 5) is 41.0. The number of nitro groups is 1. The van der Waals surface area contributed by atoms with Crippen molar-refractivity contribution in [2.75, 3.05) is 23.3 Å². The number of anilines is 2. The number of nitrogens with one attached hydrogen (secondary N) is 1. The smallest absolute Gasteiger partial charge is 0.278 e. The van der Waals surface area contributed by atoms with Crippen LogP contribution < -0.4 is 10.2 Å². The van der Waals surface area contributed by atoms with Gasteiger partial charge in [0.15, 0.2) is 0 Å². The molecule has 5 rings (SSSR count). The number of nitrogens with zero attached hydrogens (tertiary/aromatic N) is 3. The summed E-state index contributed by atoms with van der Waals surface area (Å²) >= 11 is 0. The van der Waals surface area contributed by atoms with Crippen LogP contribution >= 0.6 is 0 Å². The maximum Gasteiger partial charge on any atom is 0.278 e. The lowest BCUT2D eigenvalue weighted by atomic mass is 10.0. The zero-order valence-electron chi connectivity index (χ0n) is 19.0. The van der Waals surface area contributed by atoms with Crippen molar-refractivity contribution in [1.29, 1.82) is 0 Å². The molecule has 0 radical (unpaired) electrons. The molecule has 0 bridgehead atoms. The van der Waals surface area contributed by atoms with Crippen molar-refractivity contribution in [2.45, 2.75) is 19.4 Å². The molecule has 1 N–H and O–H groups in total. The highest BCUT2D eigenvalue weighted by atomic mass is 16.6. The Morgan fingerprint density at radius 2 is 1.49 bits per heavy atom. The fourth-order valence-corrected chi connectivity index (χ4v) is 4.49. The fraction of sp³-hybridized carbons (Fsp3) is 0.185. The minimum absolute atomic E-state index is 0.0840. The normalized spacial score (nSPS) is 15.8. The molecule has 176 valence electrons. The van der Waals surface area contributed by atoms with Gasteiger partial charge in [-0.1, -0.05) is 30.3 Å². The zero-order valence-corrected chi connectivity index (χ0v) is 19.0. The molecule has 0 unspecified atom stereocenters. The molecule has 0 spiro atoms. The number of imide groups is 1. The van der Waals surface area contributed by atoms with Gasteiger partial charge in [0.25, 0.3) is 17.5 Å². The maximum absolute atomic E-state index is 13.4. The molecule has 0 aliphatic carbocycles. The predicted molar refractivity (Wildman–Crippen MR) is 134 cm³/mol. The van der Waals surface area contributed by atoms with E-state index in [-0.39, 0.29) is 23.5 Å². The molecule has 8 heteroatoms. The molecule has 8 nitrogen and oxygen atoms in total. The molecule has 0 atom stereocenters. The van der Waals surface area contributed by atoms with E-state index in [2.05, 4.69) is 10.2 Å². The fourth-order valence-electron chi connectivity index (χ4n) is 4.49. The Bertz CT molecular complexity index is 1300. The van der Waals surface area contributed by atoms with E-state index in [9.17, 15) is 19.7 Å². The molecule has 2 heterocycles. The molecular weight excluding hydrogens is 444 g/mol. The van der Waals surface area contributed by atoms with E-state index in [1.807, 2.05) is 54.6 Å². The first-order valence-electron chi connectivity index (χ1n) is 11.5. The maximum atomic E-state index is 13.4. The van der Waals surface area contributed by atoms with Crippen LogP contribution in [-0.2, 0) is 16.1 Å². The van der Waals surface area contributed by atoms with E-state index in [1.165, 1.54) is 42.0 Å². The van der Waals surface area contributed by atoms with Crippen LogP contribution in [0.3, 0.4) is 0 Å². The number of amides is 2. The summed E-state index contributed by atoms with van der Waals surface area (Å²) < 4.78 is 0. The zero-order chi connectivity index (χ0) is 24.4. The molecule has 2 amide bonds. The van der Waals surface area contributed by atoms with Gasteiger partial charge in [-0.3, -0.25) is 24.6 Å². The van der Waals surface area contributed by atoms with Gasteiger partial charge in [-0.05, 0) is 60.4 Å². The van der Waals surface area contributed by atoms with Gasteiger partial charge in [0.2, 0.25) is 0 Å². The van der Waals surface area contributed by atoms with Crippen molar-refractivity contribution < 1.29 is 14.5 Å². The molecule has 35 heavy (non-hydrogen) atoms. The minimum atomic E-state index is -0.497. The third-order valence-electron chi connectivity index (χ3n) is 6.33. The van der Waals surface area contributed by atoms with Gasteiger partial charge in [0, 0.05) is 36.6 Å². The second-order valence-electron chi connectivity index (χ2n) is 8.60. The number of benzene rings is 3. The molecule has 2 aliphatic heterocycles. The van der Waals surface area contributed by atoms with E-state index in [4.69, 9.17) is 0 Å². The Labute approximate surface area is 202 Å². The summed E-state index contributed by atoms with van der Waals surface area (Å²) in [5, 5.41) is 14.2. The number of hydrogen-bond donors (Lipinski definition) is 1. The van der Waals surface area contributed by atoms with Gasteiger partial charge in [0.1, 0.15) is 5.70 Å². The average molecular weight is 469 g/mol. The molecule has 3 aromatic carbocycles. The summed E-state index contributed by atoms with van der Waals surface area (Å²) in [7, 11) is 0. The van der Waals surface area contributed by atoms with Crippen LogP contribution in [0.5, 0.6) is 0 Å². The highest BCUT2D eigenvalue weighted by Crippen LogP contribution is 2.33. The van der Waals surface area contributed by atoms with Crippen molar-refractivity contribution in [3.63, 3.8) is 0 Å². The molecular formula is C27H24N4O4. The molecule has 3 aromatic rings. The Hall–Kier alpha value is -4.46. The van der Waals surface area contributed by atoms with Crippen LogP contribution in [0.4, 0.5) is 17.1 Å². The molecule has 0 saturated carbocycles. The van der Waals surface area contributed by atoms with Gasteiger partial charge in [-0.2, -0.15) is 0 Å². The van der Waals surface area contributed by atoms with E-state index in [1.54, 1.807) is 0 Å². The standard InChI is InChI=1S/C27H24N4O4/c32-26-24(20-8-12-23(13-9-20)31(34)35)25(27(33)30(26)18-19-6-2-1-3-7-19)28-21-10-14-22(15-11-21)29-16-4-5-17-29/h1-3,6-15,28H,4-5,16-18H2. The lowest BCUT2D eigenvalue weighted by molar-refractivity contribution is -0.384. The van der Waals surface area contributed by atoms with Gasteiger partial charge >= 0.3 is 0 Å². The minimum Gasteiger partial charge on any atom is -0.372 e. The highest BCUT2D eigenvalue weighted by Gasteiger charge is 2.39. The van der Waals surface area contributed by atoms with E-state index >= 15 is 0 Å². The van der Waals surface area contributed by atoms with Crippen LogP contribution in [-0.4, -0.2) is 34.7 Å². The molecule has 1 saturated heterocycles. The van der Waals surface area contributed by atoms with Crippen molar-refractivity contribution >= 4 is 34.4 Å². The summed E-state index contributed by atoms with van der Waals surface area (Å²) in [6.07, 6.45) is 2.36. The first-order chi connectivity index (χ1) is 17.0. The Kier molecular flexibility index (Phi) is 6.01. The van der Waals surface area contributed by atoms with Crippen LogP contribution in [0.25, 0.3) is 5.57 Å². The average Bonchev–Trinajstić information content (AvgIpc) is 3.49. The Balaban J connectivity index is 1.48. The summed E-state index contributed by atoms with van der Waals surface area (Å²) in [5.74, 6) is -0.875. The second kappa shape index (κ2) is 9.42. The van der Waals surface area contributed by atoms with Crippen LogP contribution in [0.1, 0.15) is 24.0 Å². The number of carbonyl (C=O) groups excluding carboxylic acids is 2. The van der Waals surface area contributed by atoms with Gasteiger partial charge < -0.3 is 10.2 Å². The Morgan fingerprint density at radius 1 is 0.829 bits per heavy atom. The second-order valence-corrected chi connectivity index (χ2v) is 8.60. The first kappa shape index (κ1) is 22.3. The number of non-ortho nitro benzene ring substituents is 1. The van der Waals surface area contributed by atoms with Crippen molar-refractivity contribution in [3.05, 3.63) is 106 Å². The number of carbonyl (C=O) groups is 2. The molecule has 2 aliphatic rings. The van der Waals surface area contributed by atoms with E-state index < -0.39 is 16.7 Å². The SMILES string of the molecule is O=C1C(Nc2ccc(N3CCCC3)cc2)=C(c2ccc([N+](=O)[O-])cc2)C(=O)N1Cc1ccccc1. The number of rotatable bonds is 7. The first-order valence-corrected chi connectivity index (χ1v) is 11.5. The highest BCUT2D eigenvalue weighted by molar-refractivity contribution is 6.36. The number of nitro benzene ring substituents is 1. The van der Waals surface area contributed by atoms with Crippen molar-refractivity contribution in [1.82, 2.24) is 4.90 Å². The van der Waals surface area contributed by atoms with Gasteiger partial charge in [-0.15, -0.1) is 0 Å². The summed E-state index contributed by atoms with van der Waals surface area (Å²) in [5.41, 5.74) is 3.36. The van der Waals surface area contributed by atoms with Crippen LogP contribution in [0.15, 0.2) is 84.6 Å². The van der Waals surface area contributed by atoms with E-state index in [0.717, 1.165) is 24.3 Å². The third kappa shape index (κ3) is 4.50. The summed E-state index contributed by atoms with van der Waals surface area (Å²) in [6.45, 7) is 2.20. The van der Waals surface area contributed by atoms with Gasteiger partial charge in [0.05, 0.1) is 17.0 Å². The lowest BCUT2D eigenvalue weighted by Crippen LogP contribution is -2.32. The predicted octanol–water partition coefficient (Wildman–Crippen LogP) is 4.59. The molecule has 1 fully saturated rings. The van der Waals surface area contributed by atoms with Crippen molar-refractivity contribution in [3.8, 4) is 0 Å². The lowest BCUT2D eigenvalue weighted by Gasteiger charge is -2.18. The van der Waals surface area contributed by atoms with Gasteiger partial charge in [-0.25, -0.2) is 0 Å². The number of hydrogen-bond acceptors (Lipinski definition) is 6. The third-order valence-corrected chi connectivity index (χ3v) is 6.33. The van der Waals surface area contributed by atoms with Crippen LogP contribution in [0, 0.1) is 10.1 Å². The quantitative estimate of drug-likeness (QED) is 0.310. The van der Waals surface area contributed by atoms with E-state index in [0.29, 0.717) is 11.3 Å². The van der Waals surface area contributed by atoms with Crippen molar-refractivity contribution in [2.24, 2.45) is 0 Å².